The quantitative estimate of drug-likeness (QED) is 0.435. The van der Waals surface area contributed by atoms with Gasteiger partial charge in [-0.3, -0.25) is 20.2 Å². The van der Waals surface area contributed by atoms with Crippen LogP contribution in [0.15, 0.2) is 42.5 Å². The maximum atomic E-state index is 12.5. The normalized spacial score (nSPS) is 13.7. The molecule has 1 fully saturated rings. The summed E-state index contributed by atoms with van der Waals surface area (Å²) in [4.78, 5) is 25.1. The van der Waals surface area contributed by atoms with E-state index in [0.29, 0.717) is 0 Å². The number of halogens is 1. The van der Waals surface area contributed by atoms with Crippen molar-refractivity contribution in [1.82, 2.24) is 5.32 Å². The lowest BCUT2D eigenvalue weighted by atomic mass is 10.1. The van der Waals surface area contributed by atoms with Crippen molar-refractivity contribution in [3.05, 3.63) is 63.2 Å². The highest BCUT2D eigenvalue weighted by atomic mass is 35.5. The second-order valence-electron chi connectivity index (χ2n) is 6.39. The molecule has 1 amide bonds. The Bertz CT molecular complexity index is 916. The first-order valence-electron chi connectivity index (χ1n) is 8.86. The van der Waals surface area contributed by atoms with Gasteiger partial charge in [0.25, 0.3) is 11.6 Å². The third-order valence-electron chi connectivity index (χ3n) is 4.48. The average Bonchev–Trinajstić information content (AvgIpc) is 2.69. The third-order valence-corrected chi connectivity index (χ3v) is 5.02. The Labute approximate surface area is 172 Å². The van der Waals surface area contributed by atoms with Crippen LogP contribution in [-0.2, 0) is 0 Å². The van der Waals surface area contributed by atoms with E-state index in [4.69, 9.17) is 23.8 Å². The molecule has 28 heavy (non-hydrogen) atoms. The average molecular weight is 419 g/mol. The van der Waals surface area contributed by atoms with Gasteiger partial charge in [-0.25, -0.2) is 0 Å². The first-order valence-corrected chi connectivity index (χ1v) is 9.64. The van der Waals surface area contributed by atoms with Crippen molar-refractivity contribution in [2.24, 2.45) is 0 Å². The monoisotopic (exact) mass is 418 g/mol. The van der Waals surface area contributed by atoms with Crippen LogP contribution in [0.2, 0.25) is 5.02 Å². The van der Waals surface area contributed by atoms with E-state index in [1.165, 1.54) is 18.6 Å². The van der Waals surface area contributed by atoms with E-state index in [0.717, 1.165) is 43.4 Å². The standard InChI is InChI=1S/C19H19ClN4O3S/c20-15-9-8-13(24(26)27)12-14(15)18(25)22-19(28)21-16-6-2-3-7-17(16)23-10-4-1-5-11-23/h2-3,6-9,12H,1,4-5,10-11H2,(H2,21,22,25,28). The Morgan fingerprint density at radius 1 is 1.14 bits per heavy atom. The molecular formula is C19H19ClN4O3S. The van der Waals surface area contributed by atoms with Crippen LogP contribution < -0.4 is 15.5 Å². The molecule has 146 valence electrons. The largest absolute Gasteiger partial charge is 0.370 e. The van der Waals surface area contributed by atoms with Crippen LogP contribution in [0.5, 0.6) is 0 Å². The van der Waals surface area contributed by atoms with E-state index in [-0.39, 0.29) is 21.4 Å². The molecule has 0 aromatic heterocycles. The van der Waals surface area contributed by atoms with Gasteiger partial charge in [0.15, 0.2) is 5.11 Å². The molecule has 2 N–H and O–H groups in total. The van der Waals surface area contributed by atoms with Crippen LogP contribution in [0.4, 0.5) is 17.1 Å². The molecule has 0 unspecified atom stereocenters. The zero-order valence-corrected chi connectivity index (χ0v) is 16.6. The van der Waals surface area contributed by atoms with Crippen LogP contribution in [-0.4, -0.2) is 29.0 Å². The summed E-state index contributed by atoms with van der Waals surface area (Å²) in [6.07, 6.45) is 3.51. The number of nitro groups is 1. The number of amides is 1. The van der Waals surface area contributed by atoms with Crippen molar-refractivity contribution < 1.29 is 9.72 Å². The highest BCUT2D eigenvalue weighted by Crippen LogP contribution is 2.28. The topological polar surface area (TPSA) is 87.5 Å². The van der Waals surface area contributed by atoms with Gasteiger partial charge in [-0.15, -0.1) is 0 Å². The number of nitro benzene ring substituents is 1. The van der Waals surface area contributed by atoms with Gasteiger partial charge < -0.3 is 10.2 Å². The zero-order valence-electron chi connectivity index (χ0n) is 15.0. The molecule has 1 heterocycles. The van der Waals surface area contributed by atoms with Gasteiger partial charge in [0.2, 0.25) is 0 Å². The Hall–Kier alpha value is -2.71. The molecule has 0 saturated carbocycles. The summed E-state index contributed by atoms with van der Waals surface area (Å²) in [7, 11) is 0. The lowest BCUT2D eigenvalue weighted by Gasteiger charge is -2.30. The number of nitrogens with one attached hydrogen (secondary N) is 2. The number of nitrogens with zero attached hydrogens (tertiary/aromatic N) is 2. The minimum atomic E-state index is -0.610. The molecule has 1 aliphatic rings. The second-order valence-corrected chi connectivity index (χ2v) is 7.21. The van der Waals surface area contributed by atoms with Gasteiger partial charge in [0.05, 0.1) is 26.9 Å². The number of benzene rings is 2. The Kier molecular flexibility index (Phi) is 6.43. The van der Waals surface area contributed by atoms with Crippen molar-refractivity contribution in [2.45, 2.75) is 19.3 Å². The molecule has 7 nitrogen and oxygen atoms in total. The molecule has 1 aliphatic heterocycles. The Balaban J connectivity index is 1.72. The fourth-order valence-electron chi connectivity index (χ4n) is 3.11. The molecule has 0 bridgehead atoms. The van der Waals surface area contributed by atoms with E-state index in [1.807, 2.05) is 24.3 Å². The number of anilines is 2. The summed E-state index contributed by atoms with van der Waals surface area (Å²) in [6.45, 7) is 1.95. The highest BCUT2D eigenvalue weighted by molar-refractivity contribution is 7.80. The highest BCUT2D eigenvalue weighted by Gasteiger charge is 2.18. The van der Waals surface area contributed by atoms with Crippen LogP contribution >= 0.6 is 23.8 Å². The predicted octanol–water partition coefficient (Wildman–Crippen LogP) is 4.37. The van der Waals surface area contributed by atoms with Crippen molar-refractivity contribution >= 4 is 51.9 Å². The molecule has 0 spiro atoms. The summed E-state index contributed by atoms with van der Waals surface area (Å²) in [5, 5.41) is 16.7. The molecular weight excluding hydrogens is 400 g/mol. The molecule has 2 aromatic rings. The van der Waals surface area contributed by atoms with Crippen LogP contribution in [0.1, 0.15) is 29.6 Å². The molecule has 2 aromatic carbocycles. The maximum absolute atomic E-state index is 12.5. The van der Waals surface area contributed by atoms with E-state index < -0.39 is 10.8 Å². The maximum Gasteiger partial charge on any atom is 0.270 e. The summed E-state index contributed by atoms with van der Waals surface area (Å²) >= 11 is 11.3. The minimum absolute atomic E-state index is 0.00988. The van der Waals surface area contributed by atoms with Gasteiger partial charge in [0, 0.05) is 25.2 Å². The number of hydrogen-bond donors (Lipinski definition) is 2. The summed E-state index contributed by atoms with van der Waals surface area (Å²) in [5.41, 5.74) is 1.58. The second kappa shape index (κ2) is 8.99. The predicted molar refractivity (Wildman–Crippen MR) is 114 cm³/mol. The Morgan fingerprint density at radius 2 is 1.86 bits per heavy atom. The molecule has 0 aliphatic carbocycles. The first kappa shape index (κ1) is 20.0. The smallest absolute Gasteiger partial charge is 0.270 e. The fourth-order valence-corrected chi connectivity index (χ4v) is 3.52. The summed E-state index contributed by atoms with van der Waals surface area (Å²) in [5.74, 6) is -0.610. The van der Waals surface area contributed by atoms with E-state index in [1.54, 1.807) is 0 Å². The lowest BCUT2D eigenvalue weighted by molar-refractivity contribution is -0.384. The Morgan fingerprint density at radius 3 is 2.57 bits per heavy atom. The van der Waals surface area contributed by atoms with Gasteiger partial charge in [-0.1, -0.05) is 23.7 Å². The van der Waals surface area contributed by atoms with Crippen molar-refractivity contribution in [2.75, 3.05) is 23.3 Å². The first-order chi connectivity index (χ1) is 13.5. The molecule has 9 heteroatoms. The molecule has 0 radical (unpaired) electrons. The van der Waals surface area contributed by atoms with E-state index in [9.17, 15) is 14.9 Å². The van der Waals surface area contributed by atoms with Gasteiger partial charge in [0.1, 0.15) is 0 Å². The van der Waals surface area contributed by atoms with Crippen LogP contribution in [0, 0.1) is 10.1 Å². The number of carbonyl (C=O) groups is 1. The summed E-state index contributed by atoms with van der Waals surface area (Å²) < 4.78 is 0. The molecule has 1 saturated heterocycles. The number of non-ortho nitro benzene ring substituents is 1. The number of rotatable bonds is 4. The van der Waals surface area contributed by atoms with Crippen molar-refractivity contribution in [3.63, 3.8) is 0 Å². The zero-order chi connectivity index (χ0) is 20.1. The van der Waals surface area contributed by atoms with Gasteiger partial charge in [-0.2, -0.15) is 0 Å². The number of para-hydroxylation sites is 2. The minimum Gasteiger partial charge on any atom is -0.370 e. The van der Waals surface area contributed by atoms with Crippen molar-refractivity contribution in [1.29, 1.82) is 0 Å². The number of hydrogen-bond acceptors (Lipinski definition) is 5. The summed E-state index contributed by atoms with van der Waals surface area (Å²) in [6, 6.07) is 11.4. The van der Waals surface area contributed by atoms with Gasteiger partial charge >= 0.3 is 0 Å². The molecule has 3 rings (SSSR count). The number of thiocarbonyl (C=S) groups is 1. The third kappa shape index (κ3) is 4.76. The fraction of sp³-hybridized carbons (Fsp3) is 0.263. The van der Waals surface area contributed by atoms with Crippen LogP contribution in [0.3, 0.4) is 0 Å². The SMILES string of the molecule is O=C(NC(=S)Nc1ccccc1N1CCCCC1)c1cc([N+](=O)[O-])ccc1Cl. The number of piperidine rings is 1. The van der Waals surface area contributed by atoms with Gasteiger partial charge in [-0.05, 0) is 49.7 Å². The molecule has 0 atom stereocenters. The van der Waals surface area contributed by atoms with Crippen molar-refractivity contribution in [3.8, 4) is 0 Å². The number of carbonyl (C=O) groups excluding carboxylic acids is 1. The van der Waals surface area contributed by atoms with E-state index >= 15 is 0 Å². The lowest BCUT2D eigenvalue weighted by Crippen LogP contribution is -2.35. The van der Waals surface area contributed by atoms with E-state index in [2.05, 4.69) is 15.5 Å². The van der Waals surface area contributed by atoms with Crippen LogP contribution in [0.25, 0.3) is 0 Å².